The van der Waals surface area contributed by atoms with Crippen molar-refractivity contribution in [2.75, 3.05) is 24.6 Å². The first-order chi connectivity index (χ1) is 19.0. The summed E-state index contributed by atoms with van der Waals surface area (Å²) in [6.45, 7) is -0.113. The minimum absolute atomic E-state index is 0.0278. The van der Waals surface area contributed by atoms with Crippen molar-refractivity contribution in [2.24, 2.45) is 7.05 Å². The Morgan fingerprint density at radius 2 is 1.43 bits per heavy atom. The number of aliphatic carboxylic acids is 2. The predicted octanol–water partition coefficient (Wildman–Crippen LogP) is -3.05. The monoisotopic (exact) mass is 573 g/mol. The molecule has 14 nitrogen and oxygen atoms in total. The fourth-order valence-corrected chi connectivity index (χ4v) is 5.67. The number of rotatable bonds is 10. The van der Waals surface area contributed by atoms with Crippen LogP contribution >= 0.6 is 11.8 Å². The second-order valence-electron chi connectivity index (χ2n) is 9.55. The van der Waals surface area contributed by atoms with Crippen molar-refractivity contribution in [3.8, 4) is 0 Å². The van der Waals surface area contributed by atoms with Crippen LogP contribution in [0.15, 0.2) is 41.1 Å². The molecular weight excluding hydrogens is 546 g/mol. The average Bonchev–Trinajstić information content (AvgIpc) is 3.69. The molecule has 0 unspecified atom stereocenters. The van der Waals surface area contributed by atoms with E-state index in [4.69, 9.17) is 4.42 Å². The number of carbonyl (C=O) groups is 6. The summed E-state index contributed by atoms with van der Waals surface area (Å²) in [7, 11) is 1.69. The van der Waals surface area contributed by atoms with Crippen molar-refractivity contribution in [2.45, 2.75) is 37.0 Å². The summed E-state index contributed by atoms with van der Waals surface area (Å²) in [4.78, 5) is 75.9. The Morgan fingerprint density at radius 1 is 0.875 bits per heavy atom. The molecule has 4 atom stereocenters. The van der Waals surface area contributed by atoms with Gasteiger partial charge in [0.05, 0.1) is 41.8 Å². The van der Waals surface area contributed by atoms with E-state index in [9.17, 15) is 39.0 Å². The Morgan fingerprint density at radius 3 is 1.88 bits per heavy atom. The summed E-state index contributed by atoms with van der Waals surface area (Å²) in [5, 5.41) is 28.7. The van der Waals surface area contributed by atoms with Crippen molar-refractivity contribution in [1.29, 1.82) is 0 Å². The molecule has 214 valence electrons. The number of nitrogens with zero attached hydrogens (tertiary/aromatic N) is 3. The smallest absolute Gasteiger partial charge is 0.287 e. The minimum atomic E-state index is -1.47. The first-order valence-electron chi connectivity index (χ1n) is 12.4. The third-order valence-corrected chi connectivity index (χ3v) is 7.73. The van der Waals surface area contributed by atoms with E-state index < -0.39 is 59.7 Å². The quantitative estimate of drug-likeness (QED) is 0.295. The predicted molar refractivity (Wildman–Crippen MR) is 134 cm³/mol. The molecule has 4 heterocycles. The molecule has 0 spiro atoms. The average molecular weight is 574 g/mol. The number of hydrogen-bond acceptors (Lipinski definition) is 10. The molecule has 40 heavy (non-hydrogen) atoms. The second-order valence-corrected chi connectivity index (χ2v) is 10.5. The number of nitrogens with one attached hydrogen (secondary N) is 2. The molecule has 4 rings (SSSR count). The van der Waals surface area contributed by atoms with Crippen LogP contribution in [0.25, 0.3) is 0 Å². The Hall–Kier alpha value is -4.27. The fraction of sp³-hybridized carbons (Fsp3) is 0.440. The highest BCUT2D eigenvalue weighted by atomic mass is 32.2. The van der Waals surface area contributed by atoms with Crippen LogP contribution in [0, 0.1) is 0 Å². The van der Waals surface area contributed by atoms with Gasteiger partial charge in [0.25, 0.3) is 11.8 Å². The largest absolute Gasteiger partial charge is 0.548 e. The number of carboxylic acid groups (broad SMARTS) is 2. The number of thioether (sulfide) groups is 1. The van der Waals surface area contributed by atoms with E-state index in [-0.39, 0.29) is 43.2 Å². The van der Waals surface area contributed by atoms with Gasteiger partial charge in [-0.05, 0) is 37.1 Å². The van der Waals surface area contributed by atoms with E-state index in [1.807, 2.05) is 0 Å². The molecule has 2 fully saturated rings. The third kappa shape index (κ3) is 6.47. The first kappa shape index (κ1) is 28.7. The third-order valence-electron chi connectivity index (χ3n) is 6.83. The van der Waals surface area contributed by atoms with E-state index in [0.29, 0.717) is 5.69 Å². The summed E-state index contributed by atoms with van der Waals surface area (Å²) < 4.78 is 6.63. The number of carbonyl (C=O) groups excluding carboxylic acids is 6. The van der Waals surface area contributed by atoms with E-state index in [2.05, 4.69) is 10.6 Å². The molecule has 2 aliphatic rings. The van der Waals surface area contributed by atoms with Gasteiger partial charge in [-0.3, -0.25) is 19.2 Å². The minimum Gasteiger partial charge on any atom is -0.548 e. The van der Waals surface area contributed by atoms with Crippen LogP contribution in [0.5, 0.6) is 0 Å². The maximum atomic E-state index is 12.8. The standard InChI is InChI=1S/C25H29N5O9S/c1-28-6-2-4-16(28)22(33)26-14-8-17(24(35)36)29(10-14)20(31)12-40-13-21(32)30-11-15(9-18(30)25(37)38)27-23(34)19-5-3-7-39-19/h2-7,14-15,17-18H,8-13H2,1H3,(H,26,33)(H,27,34)(H,35,36)(H,37,38)/p-2/t14-,15-,17-,18-/m0/s1. The number of furan rings is 1. The Kier molecular flexibility index (Phi) is 8.82. The number of carboxylic acids is 2. The zero-order valence-corrected chi connectivity index (χ0v) is 22.3. The Bertz CT molecular complexity index is 1290. The maximum Gasteiger partial charge on any atom is 0.287 e. The summed E-state index contributed by atoms with van der Waals surface area (Å²) in [5.74, 6) is -5.49. The zero-order valence-electron chi connectivity index (χ0n) is 21.4. The first-order valence-corrected chi connectivity index (χ1v) is 13.6. The molecule has 4 amide bonds. The molecule has 2 N–H and O–H groups in total. The number of aryl methyl sites for hydroxylation is 1. The lowest BCUT2D eigenvalue weighted by Crippen LogP contribution is -2.48. The molecule has 0 saturated carbocycles. The number of hydrogen-bond donors (Lipinski definition) is 2. The summed E-state index contributed by atoms with van der Waals surface area (Å²) >= 11 is 0.897. The summed E-state index contributed by atoms with van der Waals surface area (Å²) in [6.07, 6.45) is 2.93. The lowest BCUT2D eigenvalue weighted by Gasteiger charge is -2.26. The van der Waals surface area contributed by atoms with Crippen molar-refractivity contribution in [1.82, 2.24) is 25.0 Å². The van der Waals surface area contributed by atoms with Gasteiger partial charge in [-0.25, -0.2) is 0 Å². The Labute approximate surface area is 232 Å². The summed E-state index contributed by atoms with van der Waals surface area (Å²) in [5.41, 5.74) is 0.378. The Balaban J connectivity index is 1.29. The zero-order chi connectivity index (χ0) is 29.0. The fourth-order valence-electron chi connectivity index (χ4n) is 4.89. The van der Waals surface area contributed by atoms with Gasteiger partial charge in [0, 0.05) is 38.4 Å². The highest BCUT2D eigenvalue weighted by Gasteiger charge is 2.39. The summed E-state index contributed by atoms with van der Waals surface area (Å²) in [6, 6.07) is 2.51. The van der Waals surface area contributed by atoms with Gasteiger partial charge >= 0.3 is 0 Å². The lowest BCUT2D eigenvalue weighted by molar-refractivity contribution is -0.311. The van der Waals surface area contributed by atoms with E-state index in [1.54, 1.807) is 29.9 Å². The van der Waals surface area contributed by atoms with E-state index >= 15 is 0 Å². The highest BCUT2D eigenvalue weighted by molar-refractivity contribution is 8.00. The van der Waals surface area contributed by atoms with Gasteiger partial charge in [0.15, 0.2) is 5.76 Å². The molecule has 0 bridgehead atoms. The highest BCUT2D eigenvalue weighted by Crippen LogP contribution is 2.22. The van der Waals surface area contributed by atoms with Gasteiger partial charge in [-0.15, -0.1) is 11.8 Å². The van der Waals surface area contributed by atoms with Gasteiger partial charge in [0.1, 0.15) is 5.69 Å². The van der Waals surface area contributed by atoms with Gasteiger partial charge in [-0.2, -0.15) is 0 Å². The van der Waals surface area contributed by atoms with Crippen LogP contribution in [0.1, 0.15) is 33.9 Å². The molecule has 2 aromatic heterocycles. The SMILES string of the molecule is Cn1cccc1C(=O)N[C@H]1C[C@@H](C(=O)[O-])N(C(=O)CSCC(=O)N2C[C@@H](NC(=O)c3ccco3)C[C@H]2C(=O)[O-])C1. The molecule has 15 heteroatoms. The molecule has 0 aliphatic carbocycles. The van der Waals surface area contributed by atoms with E-state index in [0.717, 1.165) is 21.6 Å². The topological polar surface area (TPSA) is 197 Å². The van der Waals surface area contributed by atoms with Gasteiger partial charge in [0.2, 0.25) is 11.8 Å². The maximum absolute atomic E-state index is 12.8. The van der Waals surface area contributed by atoms with Crippen molar-refractivity contribution >= 4 is 47.3 Å². The van der Waals surface area contributed by atoms with Crippen LogP contribution in [0.2, 0.25) is 0 Å². The number of likely N-dealkylation sites (tertiary alicyclic amines) is 2. The number of amides is 4. The molecule has 0 aromatic carbocycles. The lowest BCUT2D eigenvalue weighted by atomic mass is 10.1. The molecule has 2 aliphatic heterocycles. The van der Waals surface area contributed by atoms with Crippen LogP contribution in [-0.4, -0.2) is 98.7 Å². The van der Waals surface area contributed by atoms with Crippen LogP contribution in [-0.2, 0) is 26.2 Å². The van der Waals surface area contributed by atoms with Gasteiger partial charge < -0.3 is 49.2 Å². The van der Waals surface area contributed by atoms with Crippen LogP contribution < -0.4 is 20.8 Å². The van der Waals surface area contributed by atoms with Crippen molar-refractivity contribution in [3.05, 3.63) is 48.2 Å². The van der Waals surface area contributed by atoms with Crippen LogP contribution in [0.4, 0.5) is 0 Å². The molecule has 2 saturated heterocycles. The van der Waals surface area contributed by atoms with Crippen molar-refractivity contribution < 1.29 is 43.4 Å². The van der Waals surface area contributed by atoms with E-state index in [1.165, 1.54) is 18.4 Å². The normalized spacial score (nSPS) is 22.2. The molecule has 2 aromatic rings. The van der Waals surface area contributed by atoms with Gasteiger partial charge in [-0.1, -0.05) is 0 Å². The molecule has 0 radical (unpaired) electrons. The molecular formula is C25H27N5O9S-2. The van der Waals surface area contributed by atoms with Crippen LogP contribution in [0.3, 0.4) is 0 Å². The number of aromatic nitrogens is 1. The second kappa shape index (κ2) is 12.3. The van der Waals surface area contributed by atoms with Crippen molar-refractivity contribution in [3.63, 3.8) is 0 Å².